The molecule has 2 N–H and O–H groups in total. The zero-order valence-electron chi connectivity index (χ0n) is 11.2. The molecule has 0 aliphatic carbocycles. The van der Waals surface area contributed by atoms with Gasteiger partial charge in [-0.25, -0.2) is 4.68 Å². The maximum atomic E-state index is 12.0. The molecule has 0 unspecified atom stereocenters. The predicted octanol–water partition coefficient (Wildman–Crippen LogP) is 0.661. The number of tetrazole rings is 1. The lowest BCUT2D eigenvalue weighted by Crippen LogP contribution is -2.35. The molecule has 1 aromatic heterocycles. The van der Waals surface area contributed by atoms with Crippen LogP contribution in [-0.2, 0) is 4.79 Å². The lowest BCUT2D eigenvalue weighted by atomic mass is 10.1. The van der Waals surface area contributed by atoms with Crippen molar-refractivity contribution in [3.63, 3.8) is 0 Å². The average molecular weight is 272 g/mol. The van der Waals surface area contributed by atoms with E-state index in [-0.39, 0.29) is 11.9 Å². The Morgan fingerprint density at radius 1 is 1.50 bits per heavy atom. The standard InChI is InChI=1S/C13H16N6O/c1-9-7-10(16-13(20)11-3-2-6-14-11)4-5-12(9)19-8-15-17-18-19/h4-5,7-8,11,14H,2-3,6H2,1H3,(H,16,20)/t11-/m0/s1. The fourth-order valence-corrected chi connectivity index (χ4v) is 2.40. The number of nitrogens with zero attached hydrogens (tertiary/aromatic N) is 4. The number of rotatable bonds is 3. The molecule has 1 atom stereocenters. The quantitative estimate of drug-likeness (QED) is 0.857. The molecule has 0 radical (unpaired) electrons. The van der Waals surface area contributed by atoms with Crippen LogP contribution in [0.4, 0.5) is 5.69 Å². The Labute approximate surface area is 116 Å². The van der Waals surface area contributed by atoms with Gasteiger partial charge in [0.15, 0.2) is 0 Å². The largest absolute Gasteiger partial charge is 0.325 e. The Balaban J connectivity index is 1.75. The summed E-state index contributed by atoms with van der Waals surface area (Å²) in [7, 11) is 0. The summed E-state index contributed by atoms with van der Waals surface area (Å²) in [4.78, 5) is 12.0. The number of hydrogen-bond donors (Lipinski definition) is 2. The van der Waals surface area contributed by atoms with Crippen molar-refractivity contribution in [2.45, 2.75) is 25.8 Å². The van der Waals surface area contributed by atoms with Crippen LogP contribution in [0.25, 0.3) is 5.69 Å². The number of anilines is 1. The Morgan fingerprint density at radius 2 is 2.40 bits per heavy atom. The van der Waals surface area contributed by atoms with E-state index in [1.165, 1.54) is 0 Å². The second kappa shape index (κ2) is 5.38. The van der Waals surface area contributed by atoms with Gasteiger partial charge in [-0.05, 0) is 60.5 Å². The van der Waals surface area contributed by atoms with Crippen molar-refractivity contribution in [3.05, 3.63) is 30.1 Å². The molecule has 7 nitrogen and oxygen atoms in total. The lowest BCUT2D eigenvalue weighted by molar-refractivity contribution is -0.117. The van der Waals surface area contributed by atoms with Crippen molar-refractivity contribution in [2.75, 3.05) is 11.9 Å². The highest BCUT2D eigenvalue weighted by molar-refractivity contribution is 5.95. The summed E-state index contributed by atoms with van der Waals surface area (Å²) >= 11 is 0. The fraction of sp³-hybridized carbons (Fsp3) is 0.385. The molecule has 3 rings (SSSR count). The summed E-state index contributed by atoms with van der Waals surface area (Å²) in [6, 6.07) is 5.60. The zero-order valence-corrected chi connectivity index (χ0v) is 11.2. The maximum Gasteiger partial charge on any atom is 0.241 e. The first kappa shape index (κ1) is 12.7. The van der Waals surface area contributed by atoms with E-state index in [1.807, 2.05) is 25.1 Å². The molecule has 0 bridgehead atoms. The van der Waals surface area contributed by atoms with Crippen LogP contribution in [0.3, 0.4) is 0 Å². The van der Waals surface area contributed by atoms with Gasteiger partial charge in [0, 0.05) is 5.69 Å². The molecular weight excluding hydrogens is 256 g/mol. The Morgan fingerprint density at radius 3 is 3.05 bits per heavy atom. The molecule has 1 amide bonds. The van der Waals surface area contributed by atoms with E-state index in [1.54, 1.807) is 11.0 Å². The normalized spacial score (nSPS) is 18.1. The van der Waals surface area contributed by atoms with Crippen LogP contribution in [0.5, 0.6) is 0 Å². The van der Waals surface area contributed by atoms with Crippen LogP contribution in [-0.4, -0.2) is 38.7 Å². The summed E-state index contributed by atoms with van der Waals surface area (Å²) in [5, 5.41) is 17.2. The molecule has 1 aliphatic rings. The number of carbonyl (C=O) groups excluding carboxylic acids is 1. The number of benzene rings is 1. The van der Waals surface area contributed by atoms with Crippen LogP contribution >= 0.6 is 0 Å². The molecule has 1 aliphatic heterocycles. The van der Waals surface area contributed by atoms with E-state index in [9.17, 15) is 4.79 Å². The van der Waals surface area contributed by atoms with Gasteiger partial charge in [0.1, 0.15) is 6.33 Å². The highest BCUT2D eigenvalue weighted by Crippen LogP contribution is 2.18. The molecule has 0 saturated carbocycles. The van der Waals surface area contributed by atoms with Gasteiger partial charge in [-0.1, -0.05) is 0 Å². The summed E-state index contributed by atoms with van der Waals surface area (Å²) < 4.78 is 1.60. The molecule has 2 heterocycles. The third-order valence-corrected chi connectivity index (χ3v) is 3.44. The van der Waals surface area contributed by atoms with Gasteiger partial charge in [-0.15, -0.1) is 5.10 Å². The Bertz CT molecular complexity index is 603. The molecule has 1 fully saturated rings. The minimum absolute atomic E-state index is 0.0251. The number of nitrogens with one attached hydrogen (secondary N) is 2. The topological polar surface area (TPSA) is 84.7 Å². The van der Waals surface area contributed by atoms with Gasteiger partial charge in [0.2, 0.25) is 5.91 Å². The Kier molecular flexibility index (Phi) is 3.42. The van der Waals surface area contributed by atoms with Crippen molar-refractivity contribution in [1.82, 2.24) is 25.5 Å². The van der Waals surface area contributed by atoms with Crippen molar-refractivity contribution in [1.29, 1.82) is 0 Å². The van der Waals surface area contributed by atoms with Crippen molar-refractivity contribution in [3.8, 4) is 5.69 Å². The molecule has 20 heavy (non-hydrogen) atoms. The van der Waals surface area contributed by atoms with Crippen LogP contribution < -0.4 is 10.6 Å². The third-order valence-electron chi connectivity index (χ3n) is 3.44. The lowest BCUT2D eigenvalue weighted by Gasteiger charge is -2.12. The second-order valence-corrected chi connectivity index (χ2v) is 4.89. The van der Waals surface area contributed by atoms with Gasteiger partial charge >= 0.3 is 0 Å². The molecule has 0 spiro atoms. The number of aromatic nitrogens is 4. The van der Waals surface area contributed by atoms with Gasteiger partial charge in [-0.2, -0.15) is 0 Å². The fourth-order valence-electron chi connectivity index (χ4n) is 2.40. The molecule has 7 heteroatoms. The van der Waals surface area contributed by atoms with Gasteiger partial charge < -0.3 is 10.6 Å². The van der Waals surface area contributed by atoms with Gasteiger partial charge in [0.05, 0.1) is 11.7 Å². The molecule has 2 aromatic rings. The van der Waals surface area contributed by atoms with Crippen LogP contribution in [0.2, 0.25) is 0 Å². The maximum absolute atomic E-state index is 12.0. The van der Waals surface area contributed by atoms with E-state index in [2.05, 4.69) is 26.2 Å². The number of carbonyl (C=O) groups is 1. The second-order valence-electron chi connectivity index (χ2n) is 4.89. The Hall–Kier alpha value is -2.28. The summed E-state index contributed by atoms with van der Waals surface area (Å²) in [5.74, 6) is 0.0251. The zero-order chi connectivity index (χ0) is 13.9. The van der Waals surface area contributed by atoms with Crippen molar-refractivity contribution in [2.24, 2.45) is 0 Å². The summed E-state index contributed by atoms with van der Waals surface area (Å²) in [6.45, 7) is 2.87. The first-order valence-corrected chi connectivity index (χ1v) is 6.62. The highest BCUT2D eigenvalue weighted by Gasteiger charge is 2.21. The van der Waals surface area contributed by atoms with E-state index in [0.29, 0.717) is 0 Å². The van der Waals surface area contributed by atoms with E-state index >= 15 is 0 Å². The van der Waals surface area contributed by atoms with Crippen LogP contribution in [0.15, 0.2) is 24.5 Å². The van der Waals surface area contributed by atoms with E-state index in [4.69, 9.17) is 0 Å². The van der Waals surface area contributed by atoms with Gasteiger partial charge in [0.25, 0.3) is 0 Å². The first-order valence-electron chi connectivity index (χ1n) is 6.62. The predicted molar refractivity (Wildman–Crippen MR) is 73.5 cm³/mol. The first-order chi connectivity index (χ1) is 9.74. The van der Waals surface area contributed by atoms with E-state index in [0.717, 1.165) is 36.3 Å². The minimum atomic E-state index is -0.0745. The van der Waals surface area contributed by atoms with Crippen molar-refractivity contribution < 1.29 is 4.79 Å². The summed E-state index contributed by atoms with van der Waals surface area (Å²) in [5.41, 5.74) is 2.68. The molecule has 1 saturated heterocycles. The smallest absolute Gasteiger partial charge is 0.241 e. The van der Waals surface area contributed by atoms with Gasteiger partial charge in [-0.3, -0.25) is 4.79 Å². The van der Waals surface area contributed by atoms with Crippen LogP contribution in [0, 0.1) is 6.92 Å². The number of amides is 1. The van der Waals surface area contributed by atoms with Crippen LogP contribution in [0.1, 0.15) is 18.4 Å². The molecule has 1 aromatic carbocycles. The molecule has 104 valence electrons. The number of aryl methyl sites for hydroxylation is 1. The minimum Gasteiger partial charge on any atom is -0.325 e. The average Bonchev–Trinajstić information content (AvgIpc) is 3.12. The monoisotopic (exact) mass is 272 g/mol. The SMILES string of the molecule is Cc1cc(NC(=O)[C@@H]2CCCN2)ccc1-n1cnnn1. The summed E-state index contributed by atoms with van der Waals surface area (Å²) in [6.07, 6.45) is 3.49. The highest BCUT2D eigenvalue weighted by atomic mass is 16.2. The molecular formula is C13H16N6O. The van der Waals surface area contributed by atoms with Crippen molar-refractivity contribution >= 4 is 11.6 Å². The number of hydrogen-bond acceptors (Lipinski definition) is 5. The third kappa shape index (κ3) is 2.53. The van der Waals surface area contributed by atoms with E-state index < -0.39 is 0 Å².